The molecule has 1 atom stereocenters. The quantitative estimate of drug-likeness (QED) is 0.464. The van der Waals surface area contributed by atoms with Crippen molar-refractivity contribution in [3.8, 4) is 11.5 Å². The highest BCUT2D eigenvalue weighted by molar-refractivity contribution is 5.47. The fourth-order valence-corrected chi connectivity index (χ4v) is 2.81. The van der Waals surface area contributed by atoms with Crippen LogP contribution < -0.4 is 14.8 Å². The van der Waals surface area contributed by atoms with Crippen LogP contribution in [0, 0.1) is 0 Å². The van der Waals surface area contributed by atoms with Gasteiger partial charge in [-0.3, -0.25) is 0 Å². The maximum absolute atomic E-state index is 5.85. The van der Waals surface area contributed by atoms with E-state index in [4.69, 9.17) is 9.47 Å². The molecule has 0 aliphatic heterocycles. The van der Waals surface area contributed by atoms with Gasteiger partial charge in [-0.25, -0.2) is 0 Å². The third kappa shape index (κ3) is 6.34. The van der Waals surface area contributed by atoms with E-state index in [0.29, 0.717) is 6.61 Å². The Balaban J connectivity index is 1.42. The first-order chi connectivity index (χ1) is 13.7. The Morgan fingerprint density at radius 3 is 2.14 bits per heavy atom. The van der Waals surface area contributed by atoms with Crippen LogP contribution in [0.15, 0.2) is 78.9 Å². The average molecular weight is 376 g/mol. The van der Waals surface area contributed by atoms with Crippen LogP contribution in [0.2, 0.25) is 0 Å². The Bertz CT molecular complexity index is 813. The van der Waals surface area contributed by atoms with Crippen molar-refractivity contribution >= 4 is 5.69 Å². The molecule has 28 heavy (non-hydrogen) atoms. The van der Waals surface area contributed by atoms with Crippen LogP contribution >= 0.6 is 0 Å². The molecule has 0 fully saturated rings. The molecule has 0 amide bonds. The molecule has 0 heterocycles. The summed E-state index contributed by atoms with van der Waals surface area (Å²) in [5.74, 6) is 1.82. The molecule has 1 N–H and O–H groups in total. The van der Waals surface area contributed by atoms with Crippen molar-refractivity contribution in [3.63, 3.8) is 0 Å². The van der Waals surface area contributed by atoms with Crippen molar-refractivity contribution in [2.45, 2.75) is 39.3 Å². The third-order valence-electron chi connectivity index (χ3n) is 4.69. The summed E-state index contributed by atoms with van der Waals surface area (Å²) in [6.07, 6.45) is 2.17. The van der Waals surface area contributed by atoms with Gasteiger partial charge in [0, 0.05) is 18.7 Å². The number of nitrogens with one attached hydrogen (secondary N) is 1. The highest BCUT2D eigenvalue weighted by atomic mass is 16.5. The first kappa shape index (κ1) is 19.8. The van der Waals surface area contributed by atoms with E-state index in [1.165, 1.54) is 11.1 Å². The molecule has 3 nitrogen and oxygen atoms in total. The zero-order chi connectivity index (χ0) is 19.6. The summed E-state index contributed by atoms with van der Waals surface area (Å²) in [5, 5.41) is 3.44. The second-order valence-corrected chi connectivity index (χ2v) is 6.94. The van der Waals surface area contributed by atoms with E-state index in [-0.39, 0.29) is 6.10 Å². The Kier molecular flexibility index (Phi) is 7.36. The molecule has 0 saturated heterocycles. The molecule has 0 aromatic heterocycles. The first-order valence-corrected chi connectivity index (χ1v) is 9.99. The van der Waals surface area contributed by atoms with Crippen LogP contribution in [-0.4, -0.2) is 12.7 Å². The molecule has 1 unspecified atom stereocenters. The van der Waals surface area contributed by atoms with Gasteiger partial charge in [-0.15, -0.1) is 0 Å². The van der Waals surface area contributed by atoms with E-state index in [0.717, 1.165) is 36.6 Å². The van der Waals surface area contributed by atoms with E-state index < -0.39 is 0 Å². The number of rotatable bonds is 10. The topological polar surface area (TPSA) is 30.5 Å². The lowest BCUT2D eigenvalue weighted by molar-refractivity contribution is 0.217. The van der Waals surface area contributed by atoms with Crippen molar-refractivity contribution in [1.82, 2.24) is 0 Å². The molecule has 0 aliphatic carbocycles. The van der Waals surface area contributed by atoms with Gasteiger partial charge < -0.3 is 14.8 Å². The SMILES string of the molecule is CCC(C)Oc1ccc(NCc2ccc(OCCc3ccccc3)cc2)cc1. The maximum atomic E-state index is 5.85. The lowest BCUT2D eigenvalue weighted by Gasteiger charge is -2.13. The van der Waals surface area contributed by atoms with Gasteiger partial charge in [0.2, 0.25) is 0 Å². The molecular formula is C25H29NO2. The van der Waals surface area contributed by atoms with Crippen LogP contribution in [0.5, 0.6) is 11.5 Å². The van der Waals surface area contributed by atoms with Gasteiger partial charge in [-0.05, 0) is 60.9 Å². The monoisotopic (exact) mass is 375 g/mol. The minimum Gasteiger partial charge on any atom is -0.493 e. The molecule has 3 aromatic rings. The lowest BCUT2D eigenvalue weighted by atomic mass is 10.2. The second-order valence-electron chi connectivity index (χ2n) is 6.94. The standard InChI is InChI=1S/C25H29NO2/c1-3-20(2)28-25-15-11-23(12-16-25)26-19-22-9-13-24(14-10-22)27-18-17-21-7-5-4-6-8-21/h4-16,20,26H,3,17-19H2,1-2H3. The zero-order valence-corrected chi connectivity index (χ0v) is 16.7. The zero-order valence-electron chi connectivity index (χ0n) is 16.7. The number of hydrogen-bond acceptors (Lipinski definition) is 3. The van der Waals surface area contributed by atoms with Crippen LogP contribution in [0.4, 0.5) is 5.69 Å². The van der Waals surface area contributed by atoms with E-state index in [9.17, 15) is 0 Å². The highest BCUT2D eigenvalue weighted by Gasteiger charge is 2.02. The van der Waals surface area contributed by atoms with Crippen molar-refractivity contribution in [1.29, 1.82) is 0 Å². The Labute approximate surface area is 168 Å². The van der Waals surface area contributed by atoms with Gasteiger partial charge in [-0.2, -0.15) is 0 Å². The molecule has 146 valence electrons. The summed E-state index contributed by atoms with van der Waals surface area (Å²) >= 11 is 0. The molecule has 0 spiro atoms. The van der Waals surface area contributed by atoms with E-state index >= 15 is 0 Å². The van der Waals surface area contributed by atoms with Gasteiger partial charge in [0.15, 0.2) is 0 Å². The number of ether oxygens (including phenoxy) is 2. The first-order valence-electron chi connectivity index (χ1n) is 9.99. The van der Waals surface area contributed by atoms with Crippen molar-refractivity contribution < 1.29 is 9.47 Å². The second kappa shape index (κ2) is 10.4. The fourth-order valence-electron chi connectivity index (χ4n) is 2.81. The van der Waals surface area contributed by atoms with Gasteiger partial charge in [0.1, 0.15) is 11.5 Å². The Morgan fingerprint density at radius 2 is 1.46 bits per heavy atom. The predicted octanol–water partition coefficient (Wildman–Crippen LogP) is 6.10. The van der Waals surface area contributed by atoms with Crippen LogP contribution in [0.25, 0.3) is 0 Å². The highest BCUT2D eigenvalue weighted by Crippen LogP contribution is 2.19. The van der Waals surface area contributed by atoms with Crippen molar-refractivity contribution in [3.05, 3.63) is 90.0 Å². The van der Waals surface area contributed by atoms with Crippen LogP contribution in [0.3, 0.4) is 0 Å². The molecule has 0 aliphatic rings. The van der Waals surface area contributed by atoms with E-state index in [2.05, 4.69) is 67.7 Å². The number of benzene rings is 3. The molecule has 0 bridgehead atoms. The Morgan fingerprint density at radius 1 is 0.786 bits per heavy atom. The smallest absolute Gasteiger partial charge is 0.119 e. The molecule has 3 aromatic carbocycles. The van der Waals surface area contributed by atoms with Crippen LogP contribution in [0.1, 0.15) is 31.4 Å². The maximum Gasteiger partial charge on any atom is 0.119 e. The van der Waals surface area contributed by atoms with Crippen LogP contribution in [-0.2, 0) is 13.0 Å². The molecule has 0 saturated carbocycles. The fraction of sp³-hybridized carbons (Fsp3) is 0.280. The summed E-state index contributed by atoms with van der Waals surface area (Å²) < 4.78 is 11.7. The largest absolute Gasteiger partial charge is 0.493 e. The van der Waals surface area contributed by atoms with E-state index in [1.54, 1.807) is 0 Å². The number of anilines is 1. The lowest BCUT2D eigenvalue weighted by Crippen LogP contribution is -2.09. The number of hydrogen-bond donors (Lipinski definition) is 1. The Hall–Kier alpha value is -2.94. The van der Waals surface area contributed by atoms with Gasteiger partial charge in [-0.1, -0.05) is 49.4 Å². The van der Waals surface area contributed by atoms with Crippen molar-refractivity contribution in [2.75, 3.05) is 11.9 Å². The normalized spacial score (nSPS) is 11.6. The van der Waals surface area contributed by atoms with Crippen molar-refractivity contribution in [2.24, 2.45) is 0 Å². The third-order valence-corrected chi connectivity index (χ3v) is 4.69. The predicted molar refractivity (Wildman–Crippen MR) is 116 cm³/mol. The summed E-state index contributed by atoms with van der Waals surface area (Å²) in [4.78, 5) is 0. The van der Waals surface area contributed by atoms with Gasteiger partial charge >= 0.3 is 0 Å². The molecular weight excluding hydrogens is 346 g/mol. The van der Waals surface area contributed by atoms with Gasteiger partial charge in [0.05, 0.1) is 12.7 Å². The average Bonchev–Trinajstić information content (AvgIpc) is 2.75. The summed E-state index contributed by atoms with van der Waals surface area (Å²) in [6, 6.07) is 26.8. The molecule has 0 radical (unpaired) electrons. The summed E-state index contributed by atoms with van der Waals surface area (Å²) in [7, 11) is 0. The van der Waals surface area contributed by atoms with Gasteiger partial charge in [0.25, 0.3) is 0 Å². The minimum absolute atomic E-state index is 0.243. The molecule has 3 rings (SSSR count). The summed E-state index contributed by atoms with van der Waals surface area (Å²) in [6.45, 7) is 5.67. The summed E-state index contributed by atoms with van der Waals surface area (Å²) in [5.41, 5.74) is 3.60. The minimum atomic E-state index is 0.243. The van der Waals surface area contributed by atoms with E-state index in [1.807, 2.05) is 30.3 Å². The molecule has 3 heteroatoms.